The number of rotatable bonds is 2. The number of hydrogen-bond acceptors (Lipinski definition) is 4. The molecule has 17 heavy (non-hydrogen) atoms. The van der Waals surface area contributed by atoms with E-state index >= 15 is 0 Å². The molecule has 1 aliphatic rings. The zero-order chi connectivity index (χ0) is 12.3. The van der Waals surface area contributed by atoms with Crippen LogP contribution in [0.25, 0.3) is 0 Å². The quantitative estimate of drug-likeness (QED) is 0.875. The lowest BCUT2D eigenvalue weighted by atomic mass is 9.83. The highest BCUT2D eigenvalue weighted by atomic mass is 32.1. The Balaban J connectivity index is 2.09. The summed E-state index contributed by atoms with van der Waals surface area (Å²) in [5.74, 6) is -0.224. The number of nitrogens with one attached hydrogen (secondary N) is 1. The molecule has 1 aromatic heterocycles. The van der Waals surface area contributed by atoms with Crippen LogP contribution in [0.1, 0.15) is 47.6 Å². The Bertz CT molecular complexity index is 455. The monoisotopic (exact) mass is 249 g/mol. The van der Waals surface area contributed by atoms with Crippen LogP contribution in [-0.2, 0) is 0 Å². The molecule has 0 unspecified atom stereocenters. The Morgan fingerprint density at radius 2 is 2.24 bits per heavy atom. The summed E-state index contributed by atoms with van der Waals surface area (Å²) in [4.78, 5) is 16.1. The fraction of sp³-hybridized carbons (Fsp3) is 0.583. The number of aryl methyl sites for hydroxylation is 1. The molecule has 2 rings (SSSR count). The summed E-state index contributed by atoms with van der Waals surface area (Å²) >= 11 is 1.45. The van der Waals surface area contributed by atoms with Crippen LogP contribution in [0.2, 0.25) is 0 Å². The molecular weight excluding hydrogens is 234 g/mol. The van der Waals surface area contributed by atoms with E-state index in [1.807, 2.05) is 6.92 Å². The maximum absolute atomic E-state index is 12.0. The third-order valence-electron chi connectivity index (χ3n) is 3.13. The second kappa shape index (κ2) is 4.84. The van der Waals surface area contributed by atoms with E-state index < -0.39 is 5.54 Å². The summed E-state index contributed by atoms with van der Waals surface area (Å²) in [5, 5.41) is 14.7. The van der Waals surface area contributed by atoms with E-state index in [-0.39, 0.29) is 5.91 Å². The maximum atomic E-state index is 12.0. The molecule has 0 aliphatic heterocycles. The van der Waals surface area contributed by atoms with Crippen molar-refractivity contribution in [2.75, 3.05) is 0 Å². The van der Waals surface area contributed by atoms with Gasteiger partial charge in [-0.2, -0.15) is 5.26 Å². The van der Waals surface area contributed by atoms with Gasteiger partial charge in [-0.3, -0.25) is 4.79 Å². The second-order valence-corrected chi connectivity index (χ2v) is 5.52. The van der Waals surface area contributed by atoms with Gasteiger partial charge < -0.3 is 5.32 Å². The number of carbonyl (C=O) groups is 1. The highest BCUT2D eigenvalue weighted by Crippen LogP contribution is 2.27. The van der Waals surface area contributed by atoms with Crippen molar-refractivity contribution in [2.45, 2.75) is 44.6 Å². The van der Waals surface area contributed by atoms with Gasteiger partial charge in [0.05, 0.1) is 11.1 Å². The fourth-order valence-electron chi connectivity index (χ4n) is 2.17. The first-order valence-corrected chi connectivity index (χ1v) is 6.69. The molecule has 5 heteroatoms. The number of hydrogen-bond donors (Lipinski definition) is 1. The SMILES string of the molecule is Cc1nc(C(=O)NC2(C#N)CCCCC2)cs1. The fourth-order valence-corrected chi connectivity index (χ4v) is 2.76. The van der Waals surface area contributed by atoms with Gasteiger partial charge in [-0.05, 0) is 19.8 Å². The lowest BCUT2D eigenvalue weighted by Crippen LogP contribution is -2.48. The summed E-state index contributed by atoms with van der Waals surface area (Å²) in [6.07, 6.45) is 4.65. The molecule has 0 saturated heterocycles. The molecule has 0 radical (unpaired) electrons. The standard InChI is InChI=1S/C12H15N3OS/c1-9-14-10(7-17-9)11(16)15-12(8-13)5-3-2-4-6-12/h7H,2-6H2,1H3,(H,15,16). The number of thiazole rings is 1. The summed E-state index contributed by atoms with van der Waals surface area (Å²) in [5.41, 5.74) is -0.250. The lowest BCUT2D eigenvalue weighted by molar-refractivity contribution is 0.0898. The summed E-state index contributed by atoms with van der Waals surface area (Å²) in [6.45, 7) is 1.86. The van der Waals surface area contributed by atoms with Crippen LogP contribution in [0.3, 0.4) is 0 Å². The van der Waals surface area contributed by atoms with Gasteiger partial charge in [0.2, 0.25) is 0 Å². The Kier molecular flexibility index (Phi) is 3.43. The minimum atomic E-state index is -0.674. The van der Waals surface area contributed by atoms with E-state index in [4.69, 9.17) is 0 Å². The molecule has 1 N–H and O–H groups in total. The number of nitriles is 1. The van der Waals surface area contributed by atoms with Gasteiger partial charge in [-0.15, -0.1) is 11.3 Å². The molecular formula is C12H15N3OS. The number of nitrogens with zero attached hydrogens (tertiary/aromatic N) is 2. The summed E-state index contributed by atoms with van der Waals surface area (Å²) < 4.78 is 0. The maximum Gasteiger partial charge on any atom is 0.272 e. The van der Waals surface area contributed by atoms with E-state index in [0.717, 1.165) is 37.1 Å². The lowest BCUT2D eigenvalue weighted by Gasteiger charge is -2.31. The second-order valence-electron chi connectivity index (χ2n) is 4.46. The van der Waals surface area contributed by atoms with Crippen LogP contribution >= 0.6 is 11.3 Å². The van der Waals surface area contributed by atoms with Gasteiger partial charge >= 0.3 is 0 Å². The third-order valence-corrected chi connectivity index (χ3v) is 3.90. The van der Waals surface area contributed by atoms with Crippen molar-refractivity contribution < 1.29 is 4.79 Å². The van der Waals surface area contributed by atoms with Gasteiger partial charge in [0.25, 0.3) is 5.91 Å². The molecule has 0 atom stereocenters. The van der Waals surface area contributed by atoms with Gasteiger partial charge in [-0.25, -0.2) is 4.98 Å². The van der Waals surface area contributed by atoms with E-state index in [1.165, 1.54) is 11.3 Å². The van der Waals surface area contributed by atoms with Crippen molar-refractivity contribution >= 4 is 17.2 Å². The number of amides is 1. The van der Waals surface area contributed by atoms with Crippen LogP contribution in [0.5, 0.6) is 0 Å². The first kappa shape index (κ1) is 12.1. The molecule has 0 bridgehead atoms. The minimum absolute atomic E-state index is 0.224. The van der Waals surface area contributed by atoms with Crippen molar-refractivity contribution in [1.29, 1.82) is 5.26 Å². The van der Waals surface area contributed by atoms with Crippen LogP contribution in [0.4, 0.5) is 0 Å². The largest absolute Gasteiger partial charge is 0.332 e. The molecule has 4 nitrogen and oxygen atoms in total. The average molecular weight is 249 g/mol. The zero-order valence-corrected chi connectivity index (χ0v) is 10.6. The Morgan fingerprint density at radius 1 is 1.53 bits per heavy atom. The Labute approximate surface area is 105 Å². The van der Waals surface area contributed by atoms with Gasteiger partial charge in [-0.1, -0.05) is 19.3 Å². The Morgan fingerprint density at radius 3 is 2.76 bits per heavy atom. The highest BCUT2D eigenvalue weighted by Gasteiger charge is 2.34. The first-order chi connectivity index (χ1) is 8.15. The molecule has 1 fully saturated rings. The first-order valence-electron chi connectivity index (χ1n) is 5.81. The topological polar surface area (TPSA) is 65.8 Å². The molecule has 1 heterocycles. The molecule has 0 aromatic carbocycles. The smallest absolute Gasteiger partial charge is 0.272 e. The van der Waals surface area contributed by atoms with Gasteiger partial charge in [0.1, 0.15) is 11.2 Å². The van der Waals surface area contributed by atoms with E-state index in [0.29, 0.717) is 5.69 Å². The van der Waals surface area contributed by atoms with Crippen LogP contribution in [0.15, 0.2) is 5.38 Å². The van der Waals surface area contributed by atoms with Gasteiger partial charge in [0, 0.05) is 5.38 Å². The van der Waals surface area contributed by atoms with Crippen molar-refractivity contribution in [3.8, 4) is 6.07 Å². The summed E-state index contributed by atoms with van der Waals surface area (Å²) in [7, 11) is 0. The number of carbonyl (C=O) groups excluding carboxylic acids is 1. The van der Waals surface area contributed by atoms with Crippen molar-refractivity contribution in [3.05, 3.63) is 16.1 Å². The molecule has 1 amide bonds. The van der Waals surface area contributed by atoms with E-state index in [9.17, 15) is 10.1 Å². The zero-order valence-electron chi connectivity index (χ0n) is 9.82. The van der Waals surface area contributed by atoms with Gasteiger partial charge in [0.15, 0.2) is 0 Å². The molecule has 1 aromatic rings. The van der Waals surface area contributed by atoms with Crippen molar-refractivity contribution in [2.24, 2.45) is 0 Å². The third kappa shape index (κ3) is 2.64. The van der Waals surface area contributed by atoms with E-state index in [2.05, 4.69) is 16.4 Å². The van der Waals surface area contributed by atoms with Crippen molar-refractivity contribution in [3.63, 3.8) is 0 Å². The van der Waals surface area contributed by atoms with Crippen molar-refractivity contribution in [1.82, 2.24) is 10.3 Å². The van der Waals surface area contributed by atoms with Crippen LogP contribution in [-0.4, -0.2) is 16.4 Å². The molecule has 90 valence electrons. The summed E-state index contributed by atoms with van der Waals surface area (Å²) in [6, 6.07) is 2.27. The average Bonchev–Trinajstić information content (AvgIpc) is 2.77. The predicted octanol–water partition coefficient (Wildman–Crippen LogP) is 2.41. The van der Waals surface area contributed by atoms with Crippen LogP contribution < -0.4 is 5.32 Å². The Hall–Kier alpha value is -1.41. The van der Waals surface area contributed by atoms with Crippen LogP contribution in [0, 0.1) is 18.3 Å². The van der Waals surface area contributed by atoms with E-state index in [1.54, 1.807) is 5.38 Å². The predicted molar refractivity (Wildman–Crippen MR) is 65.7 cm³/mol. The number of aromatic nitrogens is 1. The minimum Gasteiger partial charge on any atom is -0.332 e. The highest BCUT2D eigenvalue weighted by molar-refractivity contribution is 7.09. The normalized spacial score (nSPS) is 18.4. The molecule has 1 saturated carbocycles. The molecule has 0 spiro atoms. The molecule has 1 aliphatic carbocycles.